The highest BCUT2D eigenvalue weighted by atomic mass is 19.4. The Hall–Kier alpha value is -3.95. The summed E-state index contributed by atoms with van der Waals surface area (Å²) in [4.78, 5) is 24.0. The van der Waals surface area contributed by atoms with Crippen LogP contribution >= 0.6 is 0 Å². The molecule has 0 unspecified atom stereocenters. The zero-order valence-electron chi connectivity index (χ0n) is 16.4. The molecule has 3 amide bonds. The number of amides is 3. The Morgan fingerprint density at radius 2 is 1.53 bits per heavy atom. The van der Waals surface area contributed by atoms with Gasteiger partial charge >= 0.3 is 12.2 Å². The second-order valence-corrected chi connectivity index (χ2v) is 6.46. The van der Waals surface area contributed by atoms with Crippen molar-refractivity contribution in [2.24, 2.45) is 0 Å². The van der Waals surface area contributed by atoms with Crippen molar-refractivity contribution in [1.29, 1.82) is 0 Å². The van der Waals surface area contributed by atoms with Crippen LogP contribution in [0.15, 0.2) is 60.7 Å². The molecule has 10 heteroatoms. The summed E-state index contributed by atoms with van der Waals surface area (Å²) in [6, 6.07) is 10.5. The van der Waals surface area contributed by atoms with Crippen molar-refractivity contribution in [2.75, 3.05) is 12.4 Å². The lowest BCUT2D eigenvalue weighted by molar-refractivity contribution is -0.137. The second kappa shape index (κ2) is 9.04. The molecule has 5 nitrogen and oxygen atoms in total. The van der Waals surface area contributed by atoms with Crippen molar-refractivity contribution in [3.05, 3.63) is 83.4 Å². The van der Waals surface area contributed by atoms with Crippen LogP contribution in [0.25, 0.3) is 11.1 Å². The predicted octanol–water partition coefficient (Wildman–Crippen LogP) is 5.62. The first-order valence-electron chi connectivity index (χ1n) is 9.02. The van der Waals surface area contributed by atoms with Gasteiger partial charge in [0.15, 0.2) is 0 Å². The topological polar surface area (TPSA) is 67.4 Å². The Kier molecular flexibility index (Phi) is 6.42. The largest absolute Gasteiger partial charge is 0.496 e. The van der Waals surface area contributed by atoms with E-state index in [1.54, 1.807) is 17.4 Å². The molecule has 3 aromatic rings. The Labute approximate surface area is 178 Å². The van der Waals surface area contributed by atoms with E-state index in [0.29, 0.717) is 6.07 Å². The van der Waals surface area contributed by atoms with Crippen LogP contribution in [-0.2, 0) is 6.18 Å². The highest BCUT2D eigenvalue weighted by molar-refractivity contribution is 6.08. The van der Waals surface area contributed by atoms with Gasteiger partial charge in [0.2, 0.25) is 0 Å². The lowest BCUT2D eigenvalue weighted by atomic mass is 9.97. The Balaban J connectivity index is 1.88. The summed E-state index contributed by atoms with van der Waals surface area (Å²) >= 11 is 0. The molecule has 3 rings (SSSR count). The van der Waals surface area contributed by atoms with Gasteiger partial charge in [-0.1, -0.05) is 30.3 Å². The first kappa shape index (κ1) is 22.7. The van der Waals surface area contributed by atoms with E-state index < -0.39 is 40.9 Å². The molecular formula is C22H15F5N2O3. The van der Waals surface area contributed by atoms with Crippen molar-refractivity contribution in [3.63, 3.8) is 0 Å². The van der Waals surface area contributed by atoms with E-state index in [1.807, 2.05) is 0 Å². The number of hydrogen-bond acceptors (Lipinski definition) is 3. The summed E-state index contributed by atoms with van der Waals surface area (Å²) in [5.74, 6) is -3.57. The minimum absolute atomic E-state index is 0.184. The highest BCUT2D eigenvalue weighted by Crippen LogP contribution is 2.41. The van der Waals surface area contributed by atoms with Gasteiger partial charge in [0, 0.05) is 11.3 Å². The molecule has 0 aliphatic rings. The van der Waals surface area contributed by atoms with E-state index in [0.717, 1.165) is 24.3 Å². The number of nitrogens with one attached hydrogen (secondary N) is 2. The van der Waals surface area contributed by atoms with Crippen LogP contribution in [-0.4, -0.2) is 19.0 Å². The number of para-hydroxylation sites is 1. The van der Waals surface area contributed by atoms with Gasteiger partial charge in [0.25, 0.3) is 5.91 Å². The normalized spacial score (nSPS) is 11.1. The van der Waals surface area contributed by atoms with E-state index in [-0.39, 0.29) is 22.6 Å². The molecule has 0 aromatic heterocycles. The summed E-state index contributed by atoms with van der Waals surface area (Å²) in [6.45, 7) is 0. The third kappa shape index (κ3) is 4.85. The van der Waals surface area contributed by atoms with Gasteiger partial charge in [-0.05, 0) is 35.9 Å². The monoisotopic (exact) mass is 450 g/mol. The molecule has 166 valence electrons. The fraction of sp³-hybridized carbons (Fsp3) is 0.0909. The molecule has 3 aromatic carbocycles. The molecule has 2 N–H and O–H groups in total. The number of urea groups is 1. The van der Waals surface area contributed by atoms with Crippen LogP contribution in [0.1, 0.15) is 15.9 Å². The molecule has 32 heavy (non-hydrogen) atoms. The minimum atomic E-state index is -4.78. The number of rotatable bonds is 4. The molecule has 0 aliphatic heterocycles. The summed E-state index contributed by atoms with van der Waals surface area (Å²) < 4.78 is 73.5. The third-order valence-electron chi connectivity index (χ3n) is 4.40. The van der Waals surface area contributed by atoms with E-state index in [1.165, 1.54) is 25.3 Å². The highest BCUT2D eigenvalue weighted by Gasteiger charge is 2.34. The Morgan fingerprint density at radius 3 is 2.16 bits per heavy atom. The van der Waals surface area contributed by atoms with E-state index in [9.17, 15) is 31.5 Å². The maximum atomic E-state index is 13.7. The molecule has 0 fully saturated rings. The van der Waals surface area contributed by atoms with Crippen LogP contribution in [0, 0.1) is 11.6 Å². The number of halogens is 5. The maximum Gasteiger partial charge on any atom is 0.417 e. The lowest BCUT2D eigenvalue weighted by Crippen LogP contribution is -2.35. The summed E-state index contributed by atoms with van der Waals surface area (Å²) in [7, 11) is 1.32. The number of methoxy groups -OCH3 is 1. The van der Waals surface area contributed by atoms with Gasteiger partial charge in [-0.15, -0.1) is 0 Å². The quantitative estimate of drug-likeness (QED) is 0.507. The van der Waals surface area contributed by atoms with Gasteiger partial charge in [-0.25, -0.2) is 13.6 Å². The lowest BCUT2D eigenvalue weighted by Gasteiger charge is -2.17. The van der Waals surface area contributed by atoms with E-state index in [4.69, 9.17) is 4.74 Å². The number of benzene rings is 3. The number of carbonyl (C=O) groups is 2. The number of hydrogen-bond donors (Lipinski definition) is 2. The fourth-order valence-electron chi connectivity index (χ4n) is 3.00. The van der Waals surface area contributed by atoms with Gasteiger partial charge in [0.05, 0.1) is 12.7 Å². The van der Waals surface area contributed by atoms with Gasteiger partial charge in [0.1, 0.15) is 22.9 Å². The fourth-order valence-corrected chi connectivity index (χ4v) is 3.00. The van der Waals surface area contributed by atoms with Crippen molar-refractivity contribution in [3.8, 4) is 16.9 Å². The molecule has 0 saturated carbocycles. The molecule has 0 atom stereocenters. The van der Waals surface area contributed by atoms with Crippen molar-refractivity contribution in [2.45, 2.75) is 6.18 Å². The molecule has 0 bridgehead atoms. The molecule has 0 radical (unpaired) electrons. The number of ether oxygens (including phenoxy) is 1. The molecule has 0 spiro atoms. The zero-order chi connectivity index (χ0) is 23.5. The summed E-state index contributed by atoms with van der Waals surface area (Å²) in [6.07, 6.45) is -4.78. The van der Waals surface area contributed by atoms with E-state index in [2.05, 4.69) is 5.32 Å². The molecule has 0 heterocycles. The van der Waals surface area contributed by atoms with Gasteiger partial charge < -0.3 is 10.1 Å². The second-order valence-electron chi connectivity index (χ2n) is 6.46. The summed E-state index contributed by atoms with van der Waals surface area (Å²) in [5, 5.41) is 3.73. The van der Waals surface area contributed by atoms with Crippen LogP contribution < -0.4 is 15.4 Å². The van der Waals surface area contributed by atoms with Gasteiger partial charge in [-0.3, -0.25) is 10.1 Å². The molecule has 0 aliphatic carbocycles. The predicted molar refractivity (Wildman–Crippen MR) is 106 cm³/mol. The summed E-state index contributed by atoms with van der Waals surface area (Å²) in [5.41, 5.74) is -2.36. The zero-order valence-corrected chi connectivity index (χ0v) is 16.4. The van der Waals surface area contributed by atoms with Crippen LogP contribution in [0.5, 0.6) is 5.75 Å². The van der Waals surface area contributed by atoms with Crippen LogP contribution in [0.3, 0.4) is 0 Å². The average Bonchev–Trinajstić information content (AvgIpc) is 2.73. The standard InChI is InChI=1S/C22H15F5N2O3/c1-32-18-8-3-2-5-14(18)13-10-9-12(11-15(13)22(25,26)27)28-21(31)29-20(30)19-16(23)6-4-7-17(19)24/h2-11H,1H3,(H2,28,29,30,31). The van der Waals surface area contributed by atoms with Crippen LogP contribution in [0.2, 0.25) is 0 Å². The molecular weight excluding hydrogens is 435 g/mol. The minimum Gasteiger partial charge on any atom is -0.496 e. The maximum absolute atomic E-state index is 13.7. The van der Waals surface area contributed by atoms with Gasteiger partial charge in [-0.2, -0.15) is 13.2 Å². The smallest absolute Gasteiger partial charge is 0.417 e. The Morgan fingerprint density at radius 1 is 0.875 bits per heavy atom. The van der Waals surface area contributed by atoms with Crippen molar-refractivity contribution in [1.82, 2.24) is 5.32 Å². The number of imide groups is 1. The van der Waals surface area contributed by atoms with E-state index >= 15 is 0 Å². The number of anilines is 1. The number of alkyl halides is 3. The third-order valence-corrected chi connectivity index (χ3v) is 4.40. The SMILES string of the molecule is COc1ccccc1-c1ccc(NC(=O)NC(=O)c2c(F)cccc2F)cc1C(F)(F)F. The average molecular weight is 450 g/mol. The first-order valence-corrected chi connectivity index (χ1v) is 9.02. The van der Waals surface area contributed by atoms with Crippen molar-refractivity contribution >= 4 is 17.6 Å². The van der Waals surface area contributed by atoms with Crippen molar-refractivity contribution < 1.29 is 36.3 Å². The van der Waals surface area contributed by atoms with Crippen LogP contribution in [0.4, 0.5) is 32.4 Å². The Bertz CT molecular complexity index is 1160. The molecule has 0 saturated heterocycles. The first-order chi connectivity index (χ1) is 15.1. The number of carbonyl (C=O) groups excluding carboxylic acids is 2.